The molecule has 2 aromatic carbocycles. The molecule has 4 rings (SSSR count). The van der Waals surface area contributed by atoms with Gasteiger partial charge in [0.2, 0.25) is 5.91 Å². The molecule has 1 fully saturated rings. The first kappa shape index (κ1) is 22.5. The Morgan fingerprint density at radius 1 is 1.23 bits per heavy atom. The number of fused-ring (bicyclic) bond motifs is 1. The van der Waals surface area contributed by atoms with E-state index in [1.54, 1.807) is 40.1 Å². The summed E-state index contributed by atoms with van der Waals surface area (Å²) < 4.78 is 19.7. The maximum atomic E-state index is 13.2. The summed E-state index contributed by atoms with van der Waals surface area (Å²) >= 11 is 4.63. The second-order valence-electron chi connectivity index (χ2n) is 7.05. The summed E-state index contributed by atoms with van der Waals surface area (Å²) in [4.78, 5) is 24.2. The van der Waals surface area contributed by atoms with Crippen LogP contribution in [0.25, 0.3) is 10.2 Å². The monoisotopic (exact) mass is 477 g/mol. The van der Waals surface area contributed by atoms with Crippen LogP contribution in [0.1, 0.15) is 0 Å². The highest BCUT2D eigenvalue weighted by Crippen LogP contribution is 2.34. The number of carbonyl (C=O) groups is 1. The third-order valence-electron chi connectivity index (χ3n) is 5.04. The lowest BCUT2D eigenvalue weighted by Crippen LogP contribution is -2.43. The normalized spacial score (nSPS) is 14.8. The number of carbonyl (C=O) groups excluding carboxylic acids is 1. The van der Waals surface area contributed by atoms with E-state index in [0.717, 1.165) is 58.0 Å². The number of benzene rings is 2. The van der Waals surface area contributed by atoms with Gasteiger partial charge < -0.3 is 4.74 Å². The third kappa shape index (κ3) is 5.78. The third-order valence-corrected chi connectivity index (χ3v) is 7.85. The van der Waals surface area contributed by atoms with Crippen molar-refractivity contribution in [1.29, 1.82) is 0 Å². The highest BCUT2D eigenvalue weighted by Gasteiger charge is 2.22. The van der Waals surface area contributed by atoms with Crippen molar-refractivity contribution < 1.29 is 13.9 Å². The summed E-state index contributed by atoms with van der Waals surface area (Å²) in [5.74, 6) is 0.00860. The molecule has 0 radical (unpaired) electrons. The minimum atomic E-state index is -0.276. The molecule has 0 N–H and O–H groups in total. The quantitative estimate of drug-likeness (QED) is 0.442. The average molecular weight is 478 g/mol. The molecule has 1 aliphatic heterocycles. The van der Waals surface area contributed by atoms with Crippen molar-refractivity contribution in [2.24, 2.45) is 0 Å². The topological polar surface area (TPSA) is 45.7 Å². The van der Waals surface area contributed by atoms with Crippen molar-refractivity contribution in [2.75, 3.05) is 56.3 Å². The zero-order chi connectivity index (χ0) is 21.6. The minimum Gasteiger partial charge on any atom is -0.379 e. The van der Waals surface area contributed by atoms with Crippen molar-refractivity contribution in [3.63, 3.8) is 0 Å². The number of para-hydroxylation sites is 1. The lowest BCUT2D eigenvalue weighted by molar-refractivity contribution is -0.116. The number of rotatable bonds is 8. The first-order chi connectivity index (χ1) is 15.1. The molecule has 1 amide bonds. The molecular weight excluding hydrogens is 453 g/mol. The van der Waals surface area contributed by atoms with Crippen molar-refractivity contribution >= 4 is 56.1 Å². The van der Waals surface area contributed by atoms with Gasteiger partial charge in [0, 0.05) is 36.0 Å². The number of hydrogen-bond acceptors (Lipinski definition) is 7. The van der Waals surface area contributed by atoms with E-state index in [9.17, 15) is 9.18 Å². The number of nitrogens with zero attached hydrogens (tertiary/aromatic N) is 3. The Morgan fingerprint density at radius 2 is 2.00 bits per heavy atom. The fraction of sp³-hybridized carbons (Fsp3) is 0.364. The van der Waals surface area contributed by atoms with E-state index in [0.29, 0.717) is 6.54 Å². The van der Waals surface area contributed by atoms with Crippen LogP contribution in [0, 0.1) is 5.82 Å². The van der Waals surface area contributed by atoms with Crippen LogP contribution >= 0.6 is 34.9 Å². The van der Waals surface area contributed by atoms with Gasteiger partial charge in [0.1, 0.15) is 5.82 Å². The molecule has 0 bridgehead atoms. The standard InChI is InChI=1S/C22H24FN3O2S3/c1-29-18-3-2-4-19-21(18)24-22(31-19)26(10-9-25-11-13-28-14-12-25)20(27)15-30-17-7-5-16(23)6-8-17/h2-8H,9-15H2,1H3. The largest absolute Gasteiger partial charge is 0.379 e. The summed E-state index contributed by atoms with van der Waals surface area (Å²) in [6, 6.07) is 12.4. The van der Waals surface area contributed by atoms with Crippen LogP contribution in [0.5, 0.6) is 0 Å². The smallest absolute Gasteiger partial charge is 0.239 e. The summed E-state index contributed by atoms with van der Waals surface area (Å²) in [5.41, 5.74) is 0.949. The van der Waals surface area contributed by atoms with Gasteiger partial charge in [-0.15, -0.1) is 23.5 Å². The van der Waals surface area contributed by atoms with Gasteiger partial charge in [0.15, 0.2) is 5.13 Å². The van der Waals surface area contributed by atoms with Gasteiger partial charge in [-0.25, -0.2) is 9.37 Å². The number of hydrogen-bond donors (Lipinski definition) is 0. The van der Waals surface area contributed by atoms with Crippen molar-refractivity contribution in [3.05, 3.63) is 48.3 Å². The molecule has 0 saturated carbocycles. The number of aromatic nitrogens is 1. The molecule has 1 saturated heterocycles. The predicted octanol–water partition coefficient (Wildman–Crippen LogP) is 4.61. The molecule has 2 heterocycles. The van der Waals surface area contributed by atoms with Crippen molar-refractivity contribution in [1.82, 2.24) is 9.88 Å². The zero-order valence-corrected chi connectivity index (χ0v) is 19.7. The van der Waals surface area contributed by atoms with Crippen LogP contribution < -0.4 is 4.90 Å². The Morgan fingerprint density at radius 3 is 2.74 bits per heavy atom. The second-order valence-corrected chi connectivity index (χ2v) is 9.95. The Hall–Kier alpha value is -1.65. The summed E-state index contributed by atoms with van der Waals surface area (Å²) in [5, 5.41) is 0.731. The number of morpholine rings is 1. The highest BCUT2D eigenvalue weighted by molar-refractivity contribution is 8.00. The lowest BCUT2D eigenvalue weighted by atomic mass is 10.3. The molecular formula is C22H24FN3O2S3. The van der Waals surface area contributed by atoms with E-state index in [4.69, 9.17) is 9.72 Å². The van der Waals surface area contributed by atoms with E-state index in [1.165, 1.54) is 23.9 Å². The van der Waals surface area contributed by atoms with Gasteiger partial charge in [-0.2, -0.15) is 0 Å². The Bertz CT molecular complexity index is 1020. The van der Waals surface area contributed by atoms with Gasteiger partial charge in [0.05, 0.1) is 29.2 Å². The number of anilines is 1. The van der Waals surface area contributed by atoms with E-state index >= 15 is 0 Å². The van der Waals surface area contributed by atoms with Crippen LogP contribution in [-0.2, 0) is 9.53 Å². The summed E-state index contributed by atoms with van der Waals surface area (Å²) in [7, 11) is 0. The maximum absolute atomic E-state index is 13.2. The van der Waals surface area contributed by atoms with E-state index in [-0.39, 0.29) is 17.5 Å². The first-order valence-corrected chi connectivity index (χ1v) is 13.1. The zero-order valence-electron chi connectivity index (χ0n) is 17.3. The maximum Gasteiger partial charge on any atom is 0.239 e. The molecule has 0 aliphatic carbocycles. The number of thiazole rings is 1. The molecule has 0 atom stereocenters. The van der Waals surface area contributed by atoms with E-state index < -0.39 is 0 Å². The van der Waals surface area contributed by atoms with Crippen molar-refractivity contribution in [2.45, 2.75) is 9.79 Å². The lowest BCUT2D eigenvalue weighted by Gasteiger charge is -2.29. The molecule has 164 valence electrons. The summed E-state index contributed by atoms with van der Waals surface area (Å²) in [6.45, 7) is 4.57. The molecule has 0 unspecified atom stereocenters. The SMILES string of the molecule is CSc1cccc2sc(N(CCN3CCOCC3)C(=O)CSc3ccc(F)cc3)nc12. The number of halogens is 1. The Labute approximate surface area is 194 Å². The molecule has 9 heteroatoms. The van der Waals surface area contributed by atoms with Gasteiger partial charge in [-0.1, -0.05) is 17.4 Å². The second kappa shape index (κ2) is 10.8. The van der Waals surface area contributed by atoms with E-state index in [2.05, 4.69) is 11.0 Å². The number of amides is 1. The average Bonchev–Trinajstić information content (AvgIpc) is 3.23. The first-order valence-electron chi connectivity index (χ1n) is 10.1. The van der Waals surface area contributed by atoms with Crippen molar-refractivity contribution in [3.8, 4) is 0 Å². The van der Waals surface area contributed by atoms with Gasteiger partial charge in [-0.05, 0) is 42.7 Å². The minimum absolute atomic E-state index is 0.00680. The number of ether oxygens (including phenoxy) is 1. The molecule has 5 nitrogen and oxygen atoms in total. The summed E-state index contributed by atoms with van der Waals surface area (Å²) in [6.07, 6.45) is 2.04. The Kier molecular flexibility index (Phi) is 7.84. The highest BCUT2D eigenvalue weighted by atomic mass is 32.2. The van der Waals surface area contributed by atoms with Crippen LogP contribution in [-0.4, -0.2) is 67.2 Å². The molecule has 1 aliphatic rings. The van der Waals surface area contributed by atoms with Crippen LogP contribution in [0.4, 0.5) is 9.52 Å². The van der Waals surface area contributed by atoms with Gasteiger partial charge in [0.25, 0.3) is 0 Å². The Balaban J connectivity index is 1.52. The molecule has 0 spiro atoms. The predicted molar refractivity (Wildman–Crippen MR) is 128 cm³/mol. The molecule has 3 aromatic rings. The number of thioether (sulfide) groups is 2. The van der Waals surface area contributed by atoms with Crippen LogP contribution in [0.2, 0.25) is 0 Å². The van der Waals surface area contributed by atoms with Gasteiger partial charge >= 0.3 is 0 Å². The van der Waals surface area contributed by atoms with Crippen LogP contribution in [0.3, 0.4) is 0 Å². The molecule has 1 aromatic heterocycles. The fourth-order valence-corrected chi connectivity index (χ4v) is 5.78. The molecule has 31 heavy (non-hydrogen) atoms. The fourth-order valence-electron chi connectivity index (χ4n) is 3.34. The van der Waals surface area contributed by atoms with Crippen LogP contribution in [0.15, 0.2) is 52.3 Å². The van der Waals surface area contributed by atoms with Gasteiger partial charge in [-0.3, -0.25) is 14.6 Å². The van der Waals surface area contributed by atoms with E-state index in [1.807, 2.05) is 18.4 Å².